The lowest BCUT2D eigenvalue weighted by Crippen LogP contribution is -2.21. The number of amides is 1. The van der Waals surface area contributed by atoms with E-state index in [9.17, 15) is 4.79 Å². The zero-order valence-corrected chi connectivity index (χ0v) is 16.3. The van der Waals surface area contributed by atoms with Crippen LogP contribution in [-0.4, -0.2) is 30.3 Å². The number of ether oxygens (including phenoxy) is 2. The van der Waals surface area contributed by atoms with Crippen LogP contribution in [0.15, 0.2) is 30.3 Å². The van der Waals surface area contributed by atoms with E-state index in [1.165, 1.54) is 0 Å². The van der Waals surface area contributed by atoms with Gasteiger partial charge in [0.15, 0.2) is 0 Å². The number of nitrogens with zero attached hydrogens (tertiary/aromatic N) is 1. The first kappa shape index (κ1) is 17.3. The number of H-pyrrole nitrogens is 1. The Bertz CT molecular complexity index is 1100. The topological polar surface area (TPSA) is 76.2 Å². The number of hydrogen-bond donors (Lipinski definition) is 2. The van der Waals surface area contributed by atoms with E-state index in [2.05, 4.69) is 46.7 Å². The Morgan fingerprint density at radius 2 is 2.11 bits per heavy atom. The van der Waals surface area contributed by atoms with Gasteiger partial charge in [0.05, 0.1) is 24.6 Å². The number of rotatable bonds is 5. The van der Waals surface area contributed by atoms with Gasteiger partial charge in [-0.25, -0.2) is 0 Å². The Kier molecular flexibility index (Phi) is 3.74. The van der Waals surface area contributed by atoms with E-state index in [0.29, 0.717) is 6.61 Å². The van der Waals surface area contributed by atoms with Crippen molar-refractivity contribution in [3.05, 3.63) is 52.7 Å². The van der Waals surface area contributed by atoms with Crippen LogP contribution in [0.1, 0.15) is 41.6 Å². The van der Waals surface area contributed by atoms with Crippen molar-refractivity contribution in [1.29, 1.82) is 0 Å². The first-order valence-corrected chi connectivity index (χ1v) is 9.61. The zero-order chi connectivity index (χ0) is 19.5. The summed E-state index contributed by atoms with van der Waals surface area (Å²) in [7, 11) is 3.30. The maximum Gasteiger partial charge on any atom is 0.235 e. The van der Waals surface area contributed by atoms with E-state index in [1.807, 2.05) is 6.07 Å². The lowest BCUT2D eigenvalue weighted by Gasteiger charge is -2.13. The molecule has 2 N–H and O–H groups in total. The van der Waals surface area contributed by atoms with Crippen LogP contribution in [0.5, 0.6) is 5.75 Å². The molecule has 0 radical (unpaired) electrons. The molecule has 0 bridgehead atoms. The molecule has 2 atom stereocenters. The van der Waals surface area contributed by atoms with Gasteiger partial charge < -0.3 is 14.8 Å². The van der Waals surface area contributed by atoms with Crippen molar-refractivity contribution in [2.45, 2.75) is 37.7 Å². The van der Waals surface area contributed by atoms with Gasteiger partial charge >= 0.3 is 0 Å². The monoisotopic (exact) mass is 377 g/mol. The first-order valence-electron chi connectivity index (χ1n) is 9.61. The number of aryl methyl sites for hydroxylation is 1. The molecule has 5 rings (SSSR count). The summed E-state index contributed by atoms with van der Waals surface area (Å²) in [5.41, 5.74) is 5.62. The number of aromatic nitrogens is 2. The molecule has 1 spiro atoms. The molecular weight excluding hydrogens is 354 g/mol. The molecule has 1 aromatic heterocycles. The van der Waals surface area contributed by atoms with Crippen LogP contribution in [-0.2, 0) is 28.0 Å². The summed E-state index contributed by atoms with van der Waals surface area (Å²) in [6.45, 7) is 2.56. The SMILES string of the molecule is CCc1[nH]nc2cc(C3CC34C(=O)Nc3cc(OC)c(COC)cc34)ccc12. The fourth-order valence-electron chi connectivity index (χ4n) is 4.70. The van der Waals surface area contributed by atoms with Crippen molar-refractivity contribution in [3.63, 3.8) is 0 Å². The molecule has 2 aliphatic rings. The number of carbonyl (C=O) groups excluding carboxylic acids is 1. The Morgan fingerprint density at radius 3 is 2.86 bits per heavy atom. The van der Waals surface area contributed by atoms with Crippen LogP contribution in [0.2, 0.25) is 0 Å². The van der Waals surface area contributed by atoms with Gasteiger partial charge in [-0.2, -0.15) is 5.10 Å². The molecule has 1 aliphatic carbocycles. The fraction of sp³-hybridized carbons (Fsp3) is 0.364. The normalized spacial score (nSPS) is 22.5. The average molecular weight is 377 g/mol. The highest BCUT2D eigenvalue weighted by atomic mass is 16.5. The molecule has 2 aromatic carbocycles. The molecule has 28 heavy (non-hydrogen) atoms. The number of fused-ring (bicyclic) bond motifs is 3. The average Bonchev–Trinajstić information content (AvgIpc) is 3.24. The van der Waals surface area contributed by atoms with Crippen molar-refractivity contribution in [2.24, 2.45) is 0 Å². The van der Waals surface area contributed by atoms with E-state index in [-0.39, 0.29) is 11.8 Å². The van der Waals surface area contributed by atoms with Crippen LogP contribution in [0, 0.1) is 0 Å². The Balaban J connectivity index is 1.56. The predicted molar refractivity (Wildman–Crippen MR) is 107 cm³/mol. The number of benzene rings is 2. The van der Waals surface area contributed by atoms with E-state index < -0.39 is 5.41 Å². The van der Waals surface area contributed by atoms with Gasteiger partial charge in [-0.3, -0.25) is 9.89 Å². The number of hydrogen-bond acceptors (Lipinski definition) is 4. The molecule has 1 amide bonds. The second-order valence-electron chi connectivity index (χ2n) is 7.66. The lowest BCUT2D eigenvalue weighted by molar-refractivity contribution is -0.118. The molecule has 1 fully saturated rings. The van der Waals surface area contributed by atoms with E-state index >= 15 is 0 Å². The number of anilines is 1. The Labute approximate surface area is 163 Å². The molecular formula is C22H23N3O3. The quantitative estimate of drug-likeness (QED) is 0.711. The lowest BCUT2D eigenvalue weighted by atomic mass is 9.90. The molecule has 2 unspecified atom stereocenters. The summed E-state index contributed by atoms with van der Waals surface area (Å²) in [4.78, 5) is 13.0. The minimum atomic E-state index is -0.498. The van der Waals surface area contributed by atoms with Crippen LogP contribution in [0.3, 0.4) is 0 Å². The summed E-state index contributed by atoms with van der Waals surface area (Å²) in [6.07, 6.45) is 1.73. The highest BCUT2D eigenvalue weighted by Gasteiger charge is 2.65. The summed E-state index contributed by atoms with van der Waals surface area (Å²) in [5.74, 6) is 0.962. The Morgan fingerprint density at radius 1 is 1.25 bits per heavy atom. The van der Waals surface area contributed by atoms with Gasteiger partial charge in [-0.15, -0.1) is 0 Å². The maximum atomic E-state index is 13.0. The summed E-state index contributed by atoms with van der Waals surface area (Å²) >= 11 is 0. The van der Waals surface area contributed by atoms with Crippen LogP contribution < -0.4 is 10.1 Å². The maximum absolute atomic E-state index is 13.0. The third-order valence-corrected chi connectivity index (χ3v) is 6.23. The van der Waals surface area contributed by atoms with Crippen molar-refractivity contribution in [1.82, 2.24) is 10.2 Å². The fourth-order valence-corrected chi connectivity index (χ4v) is 4.70. The van der Waals surface area contributed by atoms with E-state index in [4.69, 9.17) is 9.47 Å². The van der Waals surface area contributed by atoms with Gasteiger partial charge in [0, 0.05) is 41.4 Å². The van der Waals surface area contributed by atoms with Crippen molar-refractivity contribution < 1.29 is 14.3 Å². The standard InChI is InChI=1S/C22H23N3O3/c1-4-17-14-6-5-12(8-18(14)25-24-17)16-10-22(16)15-7-13(11-27-2)20(28-3)9-19(15)23-21(22)26/h5-9,16H,4,10-11H2,1-3H3,(H,23,26)(H,24,25). The van der Waals surface area contributed by atoms with Crippen molar-refractivity contribution in [2.75, 3.05) is 19.5 Å². The molecule has 2 heterocycles. The largest absolute Gasteiger partial charge is 0.496 e. The van der Waals surface area contributed by atoms with Crippen LogP contribution in [0.25, 0.3) is 10.9 Å². The van der Waals surface area contributed by atoms with Crippen molar-refractivity contribution in [3.8, 4) is 5.75 Å². The minimum absolute atomic E-state index is 0.0699. The first-order chi connectivity index (χ1) is 13.6. The smallest absolute Gasteiger partial charge is 0.235 e. The molecule has 1 aliphatic heterocycles. The highest BCUT2D eigenvalue weighted by Crippen LogP contribution is 2.65. The second-order valence-corrected chi connectivity index (χ2v) is 7.66. The van der Waals surface area contributed by atoms with E-state index in [1.54, 1.807) is 14.2 Å². The second kappa shape index (κ2) is 6.07. The van der Waals surface area contributed by atoms with Gasteiger partial charge in [0.1, 0.15) is 5.75 Å². The molecule has 0 saturated heterocycles. The number of nitrogens with one attached hydrogen (secondary N) is 2. The summed E-state index contributed by atoms with van der Waals surface area (Å²) in [6, 6.07) is 10.4. The Hall–Kier alpha value is -2.86. The van der Waals surface area contributed by atoms with Gasteiger partial charge in [-0.1, -0.05) is 19.1 Å². The van der Waals surface area contributed by atoms with Crippen molar-refractivity contribution >= 4 is 22.5 Å². The number of carbonyl (C=O) groups is 1. The molecule has 6 heteroatoms. The van der Waals surface area contributed by atoms with Gasteiger partial charge in [0.2, 0.25) is 5.91 Å². The summed E-state index contributed by atoms with van der Waals surface area (Å²) in [5, 5.41) is 11.8. The predicted octanol–water partition coefficient (Wildman–Crippen LogP) is 3.66. The third-order valence-electron chi connectivity index (χ3n) is 6.23. The van der Waals surface area contributed by atoms with Gasteiger partial charge in [0.25, 0.3) is 0 Å². The van der Waals surface area contributed by atoms with Crippen LogP contribution >= 0.6 is 0 Å². The summed E-state index contributed by atoms with van der Waals surface area (Å²) < 4.78 is 10.8. The van der Waals surface area contributed by atoms with Gasteiger partial charge in [-0.05, 0) is 36.1 Å². The molecule has 1 saturated carbocycles. The highest BCUT2D eigenvalue weighted by molar-refractivity contribution is 6.10. The number of aromatic amines is 1. The third kappa shape index (κ3) is 2.24. The number of methoxy groups -OCH3 is 2. The molecule has 144 valence electrons. The zero-order valence-electron chi connectivity index (χ0n) is 16.3. The van der Waals surface area contributed by atoms with Crippen LogP contribution in [0.4, 0.5) is 5.69 Å². The molecule has 3 aromatic rings. The molecule has 6 nitrogen and oxygen atoms in total. The van der Waals surface area contributed by atoms with E-state index in [0.717, 1.165) is 57.6 Å². The minimum Gasteiger partial charge on any atom is -0.496 e.